The molecule has 1 saturated heterocycles. The van der Waals surface area contributed by atoms with Gasteiger partial charge in [-0.25, -0.2) is 4.98 Å². The lowest BCUT2D eigenvalue weighted by Crippen LogP contribution is -2.48. The monoisotopic (exact) mass is 495 g/mol. The highest BCUT2D eigenvalue weighted by atomic mass is 79.9. The maximum atomic E-state index is 13.0. The molecule has 3 heterocycles. The van der Waals surface area contributed by atoms with Gasteiger partial charge in [0, 0.05) is 59.4 Å². The van der Waals surface area contributed by atoms with Crippen molar-refractivity contribution in [2.45, 2.75) is 13.8 Å². The third kappa shape index (κ3) is 4.92. The minimum Gasteiger partial charge on any atom is -0.354 e. The number of nitrogens with zero attached hydrogens (tertiary/aromatic N) is 4. The molecule has 0 atom stereocenters. The van der Waals surface area contributed by atoms with Crippen molar-refractivity contribution in [2.75, 3.05) is 43.0 Å². The summed E-state index contributed by atoms with van der Waals surface area (Å²) in [6.07, 6.45) is 1.80. The first kappa shape index (κ1) is 22.2. The van der Waals surface area contributed by atoms with Crippen molar-refractivity contribution in [2.24, 2.45) is 0 Å². The van der Waals surface area contributed by atoms with Crippen molar-refractivity contribution >= 4 is 33.4 Å². The first-order valence-electron chi connectivity index (χ1n) is 10.6. The van der Waals surface area contributed by atoms with Gasteiger partial charge in [0.15, 0.2) is 5.78 Å². The van der Waals surface area contributed by atoms with Crippen molar-refractivity contribution < 1.29 is 9.59 Å². The van der Waals surface area contributed by atoms with E-state index >= 15 is 0 Å². The zero-order valence-corrected chi connectivity index (χ0v) is 19.8. The highest BCUT2D eigenvalue weighted by Gasteiger charge is 2.23. The summed E-state index contributed by atoms with van der Waals surface area (Å²) in [5.74, 6) is 0.814. The number of pyridine rings is 1. The summed E-state index contributed by atoms with van der Waals surface area (Å²) in [7, 11) is 0. The van der Waals surface area contributed by atoms with E-state index in [0.717, 1.165) is 47.9 Å². The molecule has 1 aromatic carbocycles. The third-order valence-corrected chi connectivity index (χ3v) is 6.23. The van der Waals surface area contributed by atoms with E-state index in [1.54, 1.807) is 23.0 Å². The molecule has 0 saturated carbocycles. The highest BCUT2D eigenvalue weighted by molar-refractivity contribution is 9.10. The molecule has 1 amide bonds. The van der Waals surface area contributed by atoms with Gasteiger partial charge in [-0.3, -0.25) is 24.6 Å². The number of piperazine rings is 1. The molecule has 1 fully saturated rings. The quantitative estimate of drug-likeness (QED) is 0.528. The molecule has 166 valence electrons. The van der Waals surface area contributed by atoms with Crippen molar-refractivity contribution in [1.29, 1.82) is 0 Å². The van der Waals surface area contributed by atoms with Gasteiger partial charge in [-0.05, 0) is 60.1 Å². The SMILES string of the molecule is Cc1cc(C(=O)CN2CCN(c3ccc(Br)cn3)CC2)c(C)n1NC(=O)c1ccccc1. The summed E-state index contributed by atoms with van der Waals surface area (Å²) in [6, 6.07) is 14.9. The van der Waals surface area contributed by atoms with E-state index in [2.05, 4.69) is 36.1 Å². The number of Topliss-reactive ketones (excluding diaryl/α,β-unsaturated/α-hetero) is 1. The van der Waals surface area contributed by atoms with Crippen LogP contribution in [0.25, 0.3) is 0 Å². The fraction of sp³-hybridized carbons (Fsp3) is 0.292. The van der Waals surface area contributed by atoms with Gasteiger partial charge in [-0.15, -0.1) is 0 Å². The number of benzene rings is 1. The second kappa shape index (κ2) is 9.67. The van der Waals surface area contributed by atoms with Crippen molar-refractivity contribution in [1.82, 2.24) is 14.6 Å². The fourth-order valence-corrected chi connectivity index (χ4v) is 4.19. The van der Waals surface area contributed by atoms with E-state index in [0.29, 0.717) is 17.7 Å². The molecule has 1 N–H and O–H groups in total. The number of anilines is 1. The molecule has 7 nitrogen and oxygen atoms in total. The molecule has 2 aromatic heterocycles. The Morgan fingerprint density at radius 3 is 2.41 bits per heavy atom. The molecule has 1 aliphatic rings. The number of carbonyl (C=O) groups excluding carboxylic acids is 2. The van der Waals surface area contributed by atoms with E-state index in [4.69, 9.17) is 0 Å². The Morgan fingerprint density at radius 2 is 1.75 bits per heavy atom. The number of aromatic nitrogens is 2. The first-order valence-corrected chi connectivity index (χ1v) is 11.4. The molecular weight excluding hydrogens is 470 g/mol. The smallest absolute Gasteiger partial charge is 0.270 e. The van der Waals surface area contributed by atoms with Gasteiger partial charge in [-0.1, -0.05) is 18.2 Å². The molecule has 3 aromatic rings. The summed E-state index contributed by atoms with van der Waals surface area (Å²) >= 11 is 3.41. The molecule has 4 rings (SSSR count). The van der Waals surface area contributed by atoms with Crippen molar-refractivity contribution in [3.63, 3.8) is 0 Å². The number of hydrogen-bond acceptors (Lipinski definition) is 5. The van der Waals surface area contributed by atoms with E-state index in [1.165, 1.54) is 0 Å². The zero-order valence-electron chi connectivity index (χ0n) is 18.2. The molecular formula is C24H26BrN5O2. The Bertz CT molecular complexity index is 1100. The summed E-state index contributed by atoms with van der Waals surface area (Å²) in [6.45, 7) is 7.36. The molecule has 8 heteroatoms. The van der Waals surface area contributed by atoms with Gasteiger partial charge in [0.2, 0.25) is 0 Å². The minimum atomic E-state index is -0.205. The number of hydrogen-bond donors (Lipinski definition) is 1. The molecule has 0 unspecified atom stereocenters. The van der Waals surface area contributed by atoms with Gasteiger partial charge in [-0.2, -0.15) is 0 Å². The Hall–Kier alpha value is -2.97. The molecule has 1 aliphatic heterocycles. The van der Waals surface area contributed by atoms with Crippen LogP contribution >= 0.6 is 15.9 Å². The number of aryl methyl sites for hydroxylation is 1. The van der Waals surface area contributed by atoms with Crippen LogP contribution in [0.3, 0.4) is 0 Å². The number of ketones is 1. The molecule has 32 heavy (non-hydrogen) atoms. The predicted molar refractivity (Wildman–Crippen MR) is 129 cm³/mol. The van der Waals surface area contributed by atoms with E-state index in [9.17, 15) is 9.59 Å². The number of halogens is 1. The second-order valence-electron chi connectivity index (χ2n) is 7.95. The Morgan fingerprint density at radius 1 is 1.03 bits per heavy atom. The zero-order chi connectivity index (χ0) is 22.7. The summed E-state index contributed by atoms with van der Waals surface area (Å²) in [5.41, 5.74) is 5.68. The lowest BCUT2D eigenvalue weighted by atomic mass is 10.1. The standard InChI is InChI=1S/C24H26BrN5O2/c1-17-14-21(18(2)30(17)27-24(32)19-6-4-3-5-7-19)22(31)16-28-10-12-29(13-11-28)23-9-8-20(25)15-26-23/h3-9,14-15H,10-13,16H2,1-2H3,(H,27,32). The van der Waals surface area contributed by atoms with Gasteiger partial charge in [0.25, 0.3) is 5.91 Å². The summed E-state index contributed by atoms with van der Waals surface area (Å²) in [4.78, 5) is 34.5. The van der Waals surface area contributed by atoms with Crippen LogP contribution in [0.1, 0.15) is 32.1 Å². The van der Waals surface area contributed by atoms with Crippen LogP contribution in [0.2, 0.25) is 0 Å². The Kier molecular flexibility index (Phi) is 6.72. The number of carbonyl (C=O) groups is 2. The number of nitrogens with one attached hydrogen (secondary N) is 1. The predicted octanol–water partition coefficient (Wildman–Crippen LogP) is 3.65. The summed E-state index contributed by atoms with van der Waals surface area (Å²) < 4.78 is 2.66. The Labute approximate surface area is 196 Å². The van der Waals surface area contributed by atoms with E-state index < -0.39 is 0 Å². The minimum absolute atomic E-state index is 0.0635. The van der Waals surface area contributed by atoms with E-state index in [-0.39, 0.29) is 11.7 Å². The Balaban J connectivity index is 1.37. The van der Waals surface area contributed by atoms with Crippen molar-refractivity contribution in [3.8, 4) is 0 Å². The molecule has 0 spiro atoms. The van der Waals surface area contributed by atoms with Gasteiger partial charge in [0.05, 0.1) is 6.54 Å². The van der Waals surface area contributed by atoms with Crippen LogP contribution in [-0.4, -0.2) is 59.0 Å². The van der Waals surface area contributed by atoms with Crippen LogP contribution < -0.4 is 10.3 Å². The van der Waals surface area contributed by atoms with Crippen LogP contribution in [0.4, 0.5) is 5.82 Å². The second-order valence-corrected chi connectivity index (χ2v) is 8.86. The average molecular weight is 496 g/mol. The molecule has 0 bridgehead atoms. The van der Waals surface area contributed by atoms with Gasteiger partial charge < -0.3 is 4.90 Å². The molecule has 0 radical (unpaired) electrons. The van der Waals surface area contributed by atoms with Crippen LogP contribution in [0.15, 0.2) is 59.2 Å². The first-order chi connectivity index (χ1) is 15.4. The summed E-state index contributed by atoms with van der Waals surface area (Å²) in [5, 5.41) is 0. The topological polar surface area (TPSA) is 70.5 Å². The maximum absolute atomic E-state index is 13.0. The molecule has 0 aliphatic carbocycles. The lowest BCUT2D eigenvalue weighted by molar-refractivity contribution is 0.0924. The van der Waals surface area contributed by atoms with Crippen LogP contribution in [0, 0.1) is 13.8 Å². The van der Waals surface area contributed by atoms with Crippen LogP contribution in [0.5, 0.6) is 0 Å². The number of amides is 1. The third-order valence-electron chi connectivity index (χ3n) is 5.76. The normalized spacial score (nSPS) is 14.4. The highest BCUT2D eigenvalue weighted by Crippen LogP contribution is 2.18. The van der Waals surface area contributed by atoms with Crippen molar-refractivity contribution in [3.05, 3.63) is 81.7 Å². The maximum Gasteiger partial charge on any atom is 0.270 e. The number of rotatable bonds is 6. The van der Waals surface area contributed by atoms with Gasteiger partial charge in [0.1, 0.15) is 5.82 Å². The fourth-order valence-electron chi connectivity index (χ4n) is 3.95. The lowest BCUT2D eigenvalue weighted by Gasteiger charge is -2.35. The van der Waals surface area contributed by atoms with Crippen LogP contribution in [-0.2, 0) is 0 Å². The average Bonchev–Trinajstić information content (AvgIpc) is 3.09. The van der Waals surface area contributed by atoms with E-state index in [1.807, 2.05) is 50.2 Å². The van der Waals surface area contributed by atoms with Gasteiger partial charge >= 0.3 is 0 Å². The largest absolute Gasteiger partial charge is 0.354 e.